The predicted molar refractivity (Wildman–Crippen MR) is 171 cm³/mol. The van der Waals surface area contributed by atoms with Crippen molar-refractivity contribution < 1.29 is 32.0 Å². The van der Waals surface area contributed by atoms with Gasteiger partial charge in [0.05, 0.1) is 37.1 Å². The Hall–Kier alpha value is -3.97. The third-order valence-electron chi connectivity index (χ3n) is 8.86. The van der Waals surface area contributed by atoms with E-state index in [2.05, 4.69) is 28.9 Å². The van der Waals surface area contributed by atoms with E-state index in [9.17, 15) is 22.6 Å². The number of imide groups is 1. The Bertz CT molecular complexity index is 1640. The molecule has 5 rings (SSSR count). The van der Waals surface area contributed by atoms with E-state index >= 15 is 0 Å². The third kappa shape index (κ3) is 6.69. The Morgan fingerprint density at radius 3 is 2.20 bits per heavy atom. The van der Waals surface area contributed by atoms with Crippen molar-refractivity contribution in [3.05, 3.63) is 89.0 Å². The maximum atomic E-state index is 14.2. The van der Waals surface area contributed by atoms with Crippen molar-refractivity contribution in [2.45, 2.75) is 31.8 Å². The molecular weight excluding hydrogens is 596 g/mol. The number of hydrogen-bond donors (Lipinski definition) is 1. The lowest BCUT2D eigenvalue weighted by molar-refractivity contribution is 0.0570. The van der Waals surface area contributed by atoms with Crippen LogP contribution in [0.5, 0.6) is 11.5 Å². The zero-order valence-electron chi connectivity index (χ0n) is 26.0. The number of carbonyl (C=O) groups excluding carboxylic acids is 2. The van der Waals surface area contributed by atoms with Gasteiger partial charge in [-0.3, -0.25) is 23.9 Å². The minimum Gasteiger partial charge on any atom is -0.493 e. The SMILES string of the molecule is COc1ccc([C@@H](CCCN(C)S(=O)(=O)O)N2C(=O)c3cccc(N4CCN([C@H](C)c5ccccc5)CC4)c3C2=O)cc1OC. The topological polar surface area (TPSA) is 120 Å². The highest BCUT2D eigenvalue weighted by molar-refractivity contribution is 7.83. The molecule has 2 aliphatic heterocycles. The smallest absolute Gasteiger partial charge is 0.335 e. The summed E-state index contributed by atoms with van der Waals surface area (Å²) in [4.78, 5) is 34.1. The second kappa shape index (κ2) is 13.6. The van der Waals surface area contributed by atoms with Gasteiger partial charge < -0.3 is 14.4 Å². The number of benzene rings is 3. The summed E-state index contributed by atoms with van der Waals surface area (Å²) in [5.74, 6) is 0.135. The molecule has 11 nitrogen and oxygen atoms in total. The molecule has 1 fully saturated rings. The molecule has 2 atom stereocenters. The number of rotatable bonds is 12. The summed E-state index contributed by atoms with van der Waals surface area (Å²) in [7, 11) is -0.0710. The van der Waals surface area contributed by atoms with Crippen LogP contribution in [0.1, 0.15) is 63.7 Å². The van der Waals surface area contributed by atoms with E-state index in [4.69, 9.17) is 9.47 Å². The summed E-state index contributed by atoms with van der Waals surface area (Å²) >= 11 is 0. The maximum absolute atomic E-state index is 14.2. The molecule has 0 bridgehead atoms. The van der Waals surface area contributed by atoms with Crippen LogP contribution in [0.15, 0.2) is 66.7 Å². The molecule has 0 aliphatic carbocycles. The highest BCUT2D eigenvalue weighted by atomic mass is 32.2. The van der Waals surface area contributed by atoms with Gasteiger partial charge in [-0.05, 0) is 55.2 Å². The van der Waals surface area contributed by atoms with Crippen LogP contribution in [0.25, 0.3) is 0 Å². The number of carbonyl (C=O) groups is 2. The van der Waals surface area contributed by atoms with Crippen LogP contribution in [0.2, 0.25) is 0 Å². The Morgan fingerprint density at radius 2 is 1.56 bits per heavy atom. The average molecular weight is 637 g/mol. The fourth-order valence-corrected chi connectivity index (χ4v) is 6.61. The molecule has 240 valence electrons. The molecule has 12 heteroatoms. The fourth-order valence-electron chi connectivity index (χ4n) is 6.25. The Kier molecular flexibility index (Phi) is 9.78. The number of ether oxygens (including phenoxy) is 2. The zero-order valence-corrected chi connectivity index (χ0v) is 26.9. The molecule has 1 saturated heterocycles. The number of amides is 2. The first-order chi connectivity index (χ1) is 21.5. The van der Waals surface area contributed by atoms with Crippen molar-refractivity contribution in [2.75, 3.05) is 58.9 Å². The molecule has 0 aromatic heterocycles. The van der Waals surface area contributed by atoms with Gasteiger partial charge in [0, 0.05) is 45.8 Å². The van der Waals surface area contributed by atoms with Crippen LogP contribution >= 0.6 is 0 Å². The van der Waals surface area contributed by atoms with Crippen LogP contribution in [0.3, 0.4) is 0 Å². The maximum Gasteiger partial charge on any atom is 0.335 e. The van der Waals surface area contributed by atoms with Gasteiger partial charge in [0.1, 0.15) is 0 Å². The standard InChI is InChI=1S/C33H40N4O7S/c1-23(24-10-6-5-7-11-24)35-18-20-36(21-19-35)28-13-8-12-26-31(28)33(39)37(32(26)38)27(14-9-17-34(2)45(40,41)42)25-15-16-29(43-3)30(22-25)44-4/h5-8,10-13,15-16,22-23,27H,9,14,17-21H2,1-4H3,(H,40,41,42)/t23-,27-/m1/s1. The van der Waals surface area contributed by atoms with Crippen LogP contribution in [0.4, 0.5) is 5.69 Å². The molecule has 0 saturated carbocycles. The van der Waals surface area contributed by atoms with E-state index in [1.807, 2.05) is 30.3 Å². The first kappa shape index (κ1) is 32.4. The monoisotopic (exact) mass is 636 g/mol. The number of anilines is 1. The quantitative estimate of drug-likeness (QED) is 0.227. The first-order valence-corrected chi connectivity index (χ1v) is 16.4. The fraction of sp³-hybridized carbons (Fsp3) is 0.394. The van der Waals surface area contributed by atoms with Gasteiger partial charge in [-0.15, -0.1) is 0 Å². The Morgan fingerprint density at radius 1 is 0.867 bits per heavy atom. The van der Waals surface area contributed by atoms with Crippen molar-refractivity contribution in [2.24, 2.45) is 0 Å². The summed E-state index contributed by atoms with van der Waals surface area (Å²) < 4.78 is 44.3. The summed E-state index contributed by atoms with van der Waals surface area (Å²) in [6.07, 6.45) is 0.531. The minimum absolute atomic E-state index is 0.00270. The van der Waals surface area contributed by atoms with E-state index in [0.717, 1.165) is 23.1 Å². The molecular formula is C33H40N4O7S. The summed E-state index contributed by atoms with van der Waals surface area (Å²) in [5, 5.41) is 0. The van der Waals surface area contributed by atoms with E-state index in [-0.39, 0.29) is 25.4 Å². The summed E-state index contributed by atoms with van der Waals surface area (Å²) in [6.45, 7) is 5.23. The largest absolute Gasteiger partial charge is 0.493 e. The van der Waals surface area contributed by atoms with E-state index in [1.165, 1.54) is 31.7 Å². The number of hydrogen-bond acceptors (Lipinski definition) is 8. The third-order valence-corrected chi connectivity index (χ3v) is 9.83. The van der Waals surface area contributed by atoms with Gasteiger partial charge in [-0.2, -0.15) is 12.7 Å². The van der Waals surface area contributed by atoms with Crippen molar-refractivity contribution >= 4 is 27.8 Å². The molecule has 1 N–H and O–H groups in total. The molecule has 45 heavy (non-hydrogen) atoms. The van der Waals surface area contributed by atoms with Crippen LogP contribution < -0.4 is 14.4 Å². The molecule has 0 spiro atoms. The normalized spacial score (nSPS) is 17.0. The van der Waals surface area contributed by atoms with Gasteiger partial charge in [-0.25, -0.2) is 0 Å². The second-order valence-corrected chi connectivity index (χ2v) is 12.9. The minimum atomic E-state index is -4.37. The highest BCUT2D eigenvalue weighted by Crippen LogP contribution is 2.40. The Labute approximate surface area is 264 Å². The molecule has 3 aromatic carbocycles. The van der Waals surface area contributed by atoms with Crippen molar-refractivity contribution in [3.8, 4) is 11.5 Å². The van der Waals surface area contributed by atoms with Crippen LogP contribution in [-0.4, -0.2) is 92.9 Å². The van der Waals surface area contributed by atoms with E-state index < -0.39 is 28.2 Å². The number of nitrogens with zero attached hydrogens (tertiary/aromatic N) is 4. The zero-order chi connectivity index (χ0) is 32.3. The summed E-state index contributed by atoms with van der Waals surface area (Å²) in [6, 6.07) is 20.5. The van der Waals surface area contributed by atoms with Gasteiger partial charge in [0.25, 0.3) is 11.8 Å². The van der Waals surface area contributed by atoms with Gasteiger partial charge in [-0.1, -0.05) is 42.5 Å². The van der Waals surface area contributed by atoms with Crippen molar-refractivity contribution in [1.82, 2.24) is 14.1 Å². The second-order valence-electron chi connectivity index (χ2n) is 11.4. The van der Waals surface area contributed by atoms with E-state index in [1.54, 1.807) is 24.3 Å². The lowest BCUT2D eigenvalue weighted by atomic mass is 9.99. The lowest BCUT2D eigenvalue weighted by Crippen LogP contribution is -2.47. The average Bonchev–Trinajstić information content (AvgIpc) is 3.31. The summed E-state index contributed by atoms with van der Waals surface area (Å²) in [5.41, 5.74) is 3.36. The molecule has 3 aromatic rings. The number of methoxy groups -OCH3 is 2. The first-order valence-electron chi connectivity index (χ1n) is 15.0. The van der Waals surface area contributed by atoms with Crippen molar-refractivity contribution in [3.63, 3.8) is 0 Å². The van der Waals surface area contributed by atoms with Gasteiger partial charge >= 0.3 is 10.3 Å². The predicted octanol–water partition coefficient (Wildman–Crippen LogP) is 4.44. The molecule has 2 heterocycles. The Balaban J connectivity index is 1.41. The molecule has 2 amide bonds. The van der Waals surface area contributed by atoms with Gasteiger partial charge in [0.15, 0.2) is 11.5 Å². The molecule has 0 radical (unpaired) electrons. The number of fused-ring (bicyclic) bond motifs is 1. The lowest BCUT2D eigenvalue weighted by Gasteiger charge is -2.39. The molecule has 2 aliphatic rings. The van der Waals surface area contributed by atoms with Crippen LogP contribution in [0, 0.1) is 0 Å². The van der Waals surface area contributed by atoms with Crippen LogP contribution in [-0.2, 0) is 10.3 Å². The van der Waals surface area contributed by atoms with Crippen molar-refractivity contribution in [1.29, 1.82) is 0 Å². The van der Waals surface area contributed by atoms with Gasteiger partial charge in [0.2, 0.25) is 0 Å². The molecule has 0 unspecified atom stereocenters. The van der Waals surface area contributed by atoms with E-state index in [0.29, 0.717) is 41.3 Å². The highest BCUT2D eigenvalue weighted by Gasteiger charge is 2.43. The number of piperazine rings is 1.